The Kier molecular flexibility index (Phi) is 12.1. The molecular formula is C9H22S. The molecule has 64 valence electrons. The van der Waals surface area contributed by atoms with Crippen LogP contribution in [0.5, 0.6) is 0 Å². The largest absolute Gasteiger partial charge is 0.197 e. The van der Waals surface area contributed by atoms with Gasteiger partial charge in [0, 0.05) is 0 Å². The van der Waals surface area contributed by atoms with Crippen molar-refractivity contribution in [2.24, 2.45) is 5.92 Å². The van der Waals surface area contributed by atoms with E-state index < -0.39 is 0 Å². The molecule has 0 saturated carbocycles. The molecule has 0 aromatic rings. The predicted octanol–water partition coefficient (Wildman–Crippen LogP) is 3.73. The van der Waals surface area contributed by atoms with Gasteiger partial charge in [0.05, 0.1) is 0 Å². The van der Waals surface area contributed by atoms with Gasteiger partial charge in [0.2, 0.25) is 0 Å². The fraction of sp³-hybridized carbons (Fsp3) is 1.00. The second kappa shape index (κ2) is 9.35. The van der Waals surface area contributed by atoms with Gasteiger partial charge in [0.1, 0.15) is 0 Å². The van der Waals surface area contributed by atoms with Gasteiger partial charge in [-0.05, 0) is 5.92 Å². The first-order valence-electron chi connectivity index (χ1n) is 4.35. The topological polar surface area (TPSA) is 0 Å². The van der Waals surface area contributed by atoms with Gasteiger partial charge in [-0.15, -0.1) is 0 Å². The first-order valence-corrected chi connectivity index (χ1v) is 4.35. The molecule has 0 aliphatic rings. The Morgan fingerprint density at radius 2 is 1.50 bits per heavy atom. The molecule has 10 heavy (non-hydrogen) atoms. The van der Waals surface area contributed by atoms with Crippen LogP contribution in [-0.2, 0) is 0 Å². The van der Waals surface area contributed by atoms with Crippen molar-refractivity contribution in [2.75, 3.05) is 0 Å². The average Bonchev–Trinajstić information content (AvgIpc) is 1.91. The van der Waals surface area contributed by atoms with E-state index in [4.69, 9.17) is 0 Å². The lowest BCUT2D eigenvalue weighted by molar-refractivity contribution is 0.438. The lowest BCUT2D eigenvalue weighted by Crippen LogP contribution is -1.95. The van der Waals surface area contributed by atoms with Gasteiger partial charge >= 0.3 is 0 Å². The molecule has 0 heterocycles. The third kappa shape index (κ3) is 6.47. The standard InChI is InChI=1S/C9H20.H2S/c1-4-7-8-9(5-2)6-3;/h9H,4-8H2,1-3H3;1H2. The zero-order valence-corrected chi connectivity index (χ0v) is 8.61. The van der Waals surface area contributed by atoms with Crippen LogP contribution in [0.4, 0.5) is 0 Å². The lowest BCUT2D eigenvalue weighted by Gasteiger charge is -2.09. The lowest BCUT2D eigenvalue weighted by atomic mass is 9.97. The van der Waals surface area contributed by atoms with E-state index in [1.165, 1.54) is 32.1 Å². The van der Waals surface area contributed by atoms with Crippen LogP contribution in [0, 0.1) is 5.92 Å². The third-order valence-corrected chi connectivity index (χ3v) is 2.12. The quantitative estimate of drug-likeness (QED) is 0.578. The van der Waals surface area contributed by atoms with Crippen molar-refractivity contribution in [3.63, 3.8) is 0 Å². The molecule has 0 bridgehead atoms. The van der Waals surface area contributed by atoms with Crippen LogP contribution in [0.2, 0.25) is 0 Å². The van der Waals surface area contributed by atoms with Crippen LogP contribution in [0.25, 0.3) is 0 Å². The fourth-order valence-corrected chi connectivity index (χ4v) is 1.19. The highest BCUT2D eigenvalue weighted by Gasteiger charge is 2.00. The summed E-state index contributed by atoms with van der Waals surface area (Å²) in [7, 11) is 0. The Bertz CT molecular complexity index is 48.7. The van der Waals surface area contributed by atoms with Crippen LogP contribution in [0.1, 0.15) is 52.9 Å². The van der Waals surface area contributed by atoms with Crippen molar-refractivity contribution in [1.82, 2.24) is 0 Å². The Morgan fingerprint density at radius 3 is 1.80 bits per heavy atom. The molecule has 0 aliphatic carbocycles. The number of hydrogen-bond donors (Lipinski definition) is 0. The van der Waals surface area contributed by atoms with Crippen molar-refractivity contribution in [3.8, 4) is 0 Å². The van der Waals surface area contributed by atoms with Gasteiger partial charge in [-0.2, -0.15) is 13.5 Å². The van der Waals surface area contributed by atoms with Gasteiger partial charge in [-0.1, -0.05) is 52.9 Å². The summed E-state index contributed by atoms with van der Waals surface area (Å²) in [5.41, 5.74) is 0. The molecule has 0 aliphatic heterocycles. The highest BCUT2D eigenvalue weighted by atomic mass is 32.1. The Hall–Kier alpha value is 0.350. The van der Waals surface area contributed by atoms with E-state index >= 15 is 0 Å². The number of hydrogen-bond acceptors (Lipinski definition) is 0. The van der Waals surface area contributed by atoms with Gasteiger partial charge in [-0.3, -0.25) is 0 Å². The smallest absolute Gasteiger partial charge is 0.0420 e. The molecule has 0 rings (SSSR count). The van der Waals surface area contributed by atoms with E-state index in [1.54, 1.807) is 0 Å². The third-order valence-electron chi connectivity index (χ3n) is 2.12. The molecule has 0 aromatic heterocycles. The average molecular weight is 162 g/mol. The molecule has 0 saturated heterocycles. The molecule has 0 spiro atoms. The molecule has 0 amide bonds. The van der Waals surface area contributed by atoms with Crippen LogP contribution in [0.3, 0.4) is 0 Å². The second-order valence-corrected chi connectivity index (χ2v) is 2.82. The molecular weight excluding hydrogens is 140 g/mol. The molecule has 0 N–H and O–H groups in total. The van der Waals surface area contributed by atoms with E-state index in [2.05, 4.69) is 20.8 Å². The molecule has 0 fully saturated rings. The minimum Gasteiger partial charge on any atom is -0.197 e. The van der Waals surface area contributed by atoms with Gasteiger partial charge in [-0.25, -0.2) is 0 Å². The summed E-state index contributed by atoms with van der Waals surface area (Å²) < 4.78 is 0. The molecule has 0 unspecified atom stereocenters. The van der Waals surface area contributed by atoms with E-state index in [9.17, 15) is 0 Å². The van der Waals surface area contributed by atoms with Crippen molar-refractivity contribution >= 4 is 13.5 Å². The zero-order chi connectivity index (χ0) is 7.11. The van der Waals surface area contributed by atoms with E-state index in [-0.39, 0.29) is 13.5 Å². The second-order valence-electron chi connectivity index (χ2n) is 2.82. The molecule has 0 atom stereocenters. The van der Waals surface area contributed by atoms with E-state index in [1.807, 2.05) is 0 Å². The molecule has 0 nitrogen and oxygen atoms in total. The molecule has 1 heteroatoms. The SMILES string of the molecule is CCCCC(CC)CC.S. The minimum atomic E-state index is 0. The predicted molar refractivity (Wildman–Crippen MR) is 54.0 cm³/mol. The van der Waals surface area contributed by atoms with E-state index in [0.717, 1.165) is 5.92 Å². The Balaban J connectivity index is 0. The first-order chi connectivity index (χ1) is 4.35. The summed E-state index contributed by atoms with van der Waals surface area (Å²) in [6.45, 7) is 6.86. The van der Waals surface area contributed by atoms with E-state index in [0.29, 0.717) is 0 Å². The van der Waals surface area contributed by atoms with Crippen molar-refractivity contribution in [2.45, 2.75) is 52.9 Å². The van der Waals surface area contributed by atoms with Gasteiger partial charge < -0.3 is 0 Å². The molecule has 0 radical (unpaired) electrons. The summed E-state index contributed by atoms with van der Waals surface area (Å²) in [4.78, 5) is 0. The fourth-order valence-electron chi connectivity index (χ4n) is 1.19. The normalized spacial score (nSPS) is 9.60. The maximum Gasteiger partial charge on any atom is -0.0420 e. The number of unbranched alkanes of at least 4 members (excludes halogenated alkanes) is 1. The van der Waals surface area contributed by atoms with Crippen LogP contribution < -0.4 is 0 Å². The summed E-state index contributed by atoms with van der Waals surface area (Å²) in [6.07, 6.45) is 6.97. The van der Waals surface area contributed by atoms with Crippen molar-refractivity contribution in [1.29, 1.82) is 0 Å². The van der Waals surface area contributed by atoms with Gasteiger partial charge in [0.25, 0.3) is 0 Å². The zero-order valence-electron chi connectivity index (χ0n) is 7.61. The Labute approximate surface area is 72.9 Å². The van der Waals surface area contributed by atoms with Crippen molar-refractivity contribution < 1.29 is 0 Å². The monoisotopic (exact) mass is 162 g/mol. The molecule has 0 aromatic carbocycles. The first kappa shape index (κ1) is 13.0. The highest BCUT2D eigenvalue weighted by Crippen LogP contribution is 2.15. The summed E-state index contributed by atoms with van der Waals surface area (Å²) in [6, 6.07) is 0. The van der Waals surface area contributed by atoms with Crippen LogP contribution in [-0.4, -0.2) is 0 Å². The number of rotatable bonds is 5. The van der Waals surface area contributed by atoms with Gasteiger partial charge in [0.15, 0.2) is 0 Å². The van der Waals surface area contributed by atoms with Crippen LogP contribution in [0.15, 0.2) is 0 Å². The summed E-state index contributed by atoms with van der Waals surface area (Å²) >= 11 is 0. The maximum atomic E-state index is 2.30. The Morgan fingerprint density at radius 1 is 1.00 bits per heavy atom. The highest BCUT2D eigenvalue weighted by molar-refractivity contribution is 7.59. The maximum absolute atomic E-state index is 2.30. The van der Waals surface area contributed by atoms with Crippen LogP contribution >= 0.6 is 13.5 Å². The summed E-state index contributed by atoms with van der Waals surface area (Å²) in [5, 5.41) is 0. The minimum absolute atomic E-state index is 0. The summed E-state index contributed by atoms with van der Waals surface area (Å²) in [5.74, 6) is 1.00. The van der Waals surface area contributed by atoms with Crippen molar-refractivity contribution in [3.05, 3.63) is 0 Å².